The molecule has 0 spiro atoms. The number of hydrogen-bond donors (Lipinski definition) is 1. The molecule has 2 rings (SSSR count). The highest BCUT2D eigenvalue weighted by atomic mass is 16.5. The quantitative estimate of drug-likeness (QED) is 0.793. The van der Waals surface area contributed by atoms with Crippen molar-refractivity contribution in [3.05, 3.63) is 42.1 Å². The van der Waals surface area contributed by atoms with Gasteiger partial charge in [-0.2, -0.15) is 0 Å². The maximum absolute atomic E-state index is 5.60. The summed E-state index contributed by atoms with van der Waals surface area (Å²) < 4.78 is 5.60. The maximum Gasteiger partial charge on any atom is 0.0730 e. The van der Waals surface area contributed by atoms with Gasteiger partial charge in [0.15, 0.2) is 0 Å². The van der Waals surface area contributed by atoms with Gasteiger partial charge in [0.25, 0.3) is 0 Å². The summed E-state index contributed by atoms with van der Waals surface area (Å²) in [5.74, 6) is 0. The van der Waals surface area contributed by atoms with Gasteiger partial charge < -0.3 is 10.1 Å². The molecule has 0 aliphatic heterocycles. The molecule has 0 fully saturated rings. The van der Waals surface area contributed by atoms with Crippen molar-refractivity contribution in [2.24, 2.45) is 0 Å². The van der Waals surface area contributed by atoms with Crippen LogP contribution in [-0.2, 0) is 4.74 Å². The molecule has 0 amide bonds. The Labute approximate surface area is 108 Å². The first kappa shape index (κ1) is 13.0. The third kappa shape index (κ3) is 3.06. The average Bonchev–Trinajstić information content (AvgIpc) is 2.43. The fourth-order valence-electron chi connectivity index (χ4n) is 1.94. The molecule has 0 radical (unpaired) electrons. The first-order chi connectivity index (χ1) is 8.85. The molecular formula is C15H20N2O. The van der Waals surface area contributed by atoms with E-state index in [-0.39, 0.29) is 6.04 Å². The summed E-state index contributed by atoms with van der Waals surface area (Å²) in [6.45, 7) is 3.57. The van der Waals surface area contributed by atoms with Crippen molar-refractivity contribution in [3.63, 3.8) is 0 Å². The minimum Gasteiger partial charge on any atom is -0.379 e. The second kappa shape index (κ2) is 6.47. The highest BCUT2D eigenvalue weighted by molar-refractivity contribution is 5.78. The van der Waals surface area contributed by atoms with Crippen LogP contribution in [0.4, 0.5) is 0 Å². The number of ether oxygens (including phenoxy) is 1. The van der Waals surface area contributed by atoms with Crippen molar-refractivity contribution in [3.8, 4) is 0 Å². The number of benzene rings is 1. The van der Waals surface area contributed by atoms with Gasteiger partial charge in [-0.25, -0.2) is 0 Å². The van der Waals surface area contributed by atoms with Crippen LogP contribution < -0.4 is 5.32 Å². The molecule has 1 atom stereocenters. The maximum atomic E-state index is 5.60. The van der Waals surface area contributed by atoms with E-state index in [2.05, 4.69) is 35.4 Å². The zero-order valence-corrected chi connectivity index (χ0v) is 11.0. The summed E-state index contributed by atoms with van der Waals surface area (Å²) in [7, 11) is 1.94. The standard InChI is InChI=1S/C15H20N2O/c1-3-10-18-11-15(16-2)14-9-8-12-6-4-5-7-13(12)17-14/h4-9,15-16H,3,10-11H2,1-2H3. The van der Waals surface area contributed by atoms with Gasteiger partial charge in [-0.15, -0.1) is 0 Å². The second-order valence-electron chi connectivity index (χ2n) is 4.34. The molecule has 0 aliphatic rings. The molecule has 0 saturated heterocycles. The van der Waals surface area contributed by atoms with E-state index in [0.29, 0.717) is 6.61 Å². The Hall–Kier alpha value is -1.45. The van der Waals surface area contributed by atoms with Gasteiger partial charge >= 0.3 is 0 Å². The Bertz CT molecular complexity index is 499. The van der Waals surface area contributed by atoms with E-state index >= 15 is 0 Å². The van der Waals surface area contributed by atoms with Gasteiger partial charge in [0, 0.05) is 12.0 Å². The minimum atomic E-state index is 0.154. The Morgan fingerprint density at radius 3 is 2.83 bits per heavy atom. The molecular weight excluding hydrogens is 224 g/mol. The summed E-state index contributed by atoms with van der Waals surface area (Å²) in [5.41, 5.74) is 2.07. The molecule has 2 aromatic rings. The number of hydrogen-bond acceptors (Lipinski definition) is 3. The van der Waals surface area contributed by atoms with Gasteiger partial charge in [0.1, 0.15) is 0 Å². The van der Waals surface area contributed by atoms with Gasteiger partial charge in [0.2, 0.25) is 0 Å². The van der Waals surface area contributed by atoms with Crippen molar-refractivity contribution in [2.45, 2.75) is 19.4 Å². The number of nitrogens with zero attached hydrogens (tertiary/aromatic N) is 1. The lowest BCUT2D eigenvalue weighted by Crippen LogP contribution is -2.23. The fraction of sp³-hybridized carbons (Fsp3) is 0.400. The topological polar surface area (TPSA) is 34.1 Å². The van der Waals surface area contributed by atoms with Crippen LogP contribution in [0.25, 0.3) is 10.9 Å². The van der Waals surface area contributed by atoms with Crippen LogP contribution in [0.5, 0.6) is 0 Å². The zero-order valence-electron chi connectivity index (χ0n) is 11.0. The van der Waals surface area contributed by atoms with Gasteiger partial charge in [0.05, 0.1) is 23.9 Å². The van der Waals surface area contributed by atoms with E-state index in [9.17, 15) is 0 Å². The first-order valence-corrected chi connectivity index (χ1v) is 6.46. The minimum absolute atomic E-state index is 0.154. The Morgan fingerprint density at radius 2 is 2.06 bits per heavy atom. The first-order valence-electron chi connectivity index (χ1n) is 6.46. The molecule has 1 unspecified atom stereocenters. The van der Waals surface area contributed by atoms with E-state index in [1.54, 1.807) is 0 Å². The lowest BCUT2D eigenvalue weighted by atomic mass is 10.1. The Morgan fingerprint density at radius 1 is 1.22 bits per heavy atom. The highest BCUT2D eigenvalue weighted by Crippen LogP contribution is 2.16. The number of nitrogens with one attached hydrogen (secondary N) is 1. The SMILES string of the molecule is CCCOCC(NC)c1ccc2ccccc2n1. The van der Waals surface area contributed by atoms with E-state index in [0.717, 1.165) is 24.2 Å². The molecule has 1 N–H and O–H groups in total. The van der Waals surface area contributed by atoms with Crippen LogP contribution >= 0.6 is 0 Å². The van der Waals surface area contributed by atoms with Crippen LogP contribution in [0.15, 0.2) is 36.4 Å². The van der Waals surface area contributed by atoms with Crippen molar-refractivity contribution in [2.75, 3.05) is 20.3 Å². The second-order valence-corrected chi connectivity index (χ2v) is 4.34. The van der Waals surface area contributed by atoms with Crippen molar-refractivity contribution in [1.82, 2.24) is 10.3 Å². The number of fused-ring (bicyclic) bond motifs is 1. The Balaban J connectivity index is 2.17. The van der Waals surface area contributed by atoms with Gasteiger partial charge in [-0.05, 0) is 25.6 Å². The molecule has 96 valence electrons. The molecule has 3 nitrogen and oxygen atoms in total. The lowest BCUT2D eigenvalue weighted by Gasteiger charge is -2.16. The molecule has 18 heavy (non-hydrogen) atoms. The molecule has 0 saturated carbocycles. The van der Waals surface area contributed by atoms with Gasteiger partial charge in [-0.3, -0.25) is 4.98 Å². The molecule has 3 heteroatoms. The van der Waals surface area contributed by atoms with Crippen LogP contribution in [0.1, 0.15) is 25.1 Å². The van der Waals surface area contributed by atoms with E-state index < -0.39 is 0 Å². The largest absolute Gasteiger partial charge is 0.379 e. The van der Waals surface area contributed by atoms with E-state index in [1.807, 2.05) is 25.2 Å². The molecule has 0 aliphatic carbocycles. The smallest absolute Gasteiger partial charge is 0.0730 e. The van der Waals surface area contributed by atoms with Crippen molar-refractivity contribution in [1.29, 1.82) is 0 Å². The molecule has 1 heterocycles. The van der Waals surface area contributed by atoms with Crippen LogP contribution in [0, 0.1) is 0 Å². The van der Waals surface area contributed by atoms with Crippen LogP contribution in [0.2, 0.25) is 0 Å². The summed E-state index contributed by atoms with van der Waals surface area (Å²) in [6, 6.07) is 12.5. The predicted molar refractivity (Wildman–Crippen MR) is 74.7 cm³/mol. The predicted octanol–water partition coefficient (Wildman–Crippen LogP) is 2.92. The van der Waals surface area contributed by atoms with E-state index in [4.69, 9.17) is 4.74 Å². The van der Waals surface area contributed by atoms with Crippen molar-refractivity contribution >= 4 is 10.9 Å². The van der Waals surface area contributed by atoms with Crippen LogP contribution in [0.3, 0.4) is 0 Å². The molecule has 1 aromatic heterocycles. The van der Waals surface area contributed by atoms with E-state index in [1.165, 1.54) is 5.39 Å². The number of likely N-dealkylation sites (N-methyl/N-ethyl adjacent to an activating group) is 1. The third-order valence-corrected chi connectivity index (χ3v) is 2.96. The molecule has 1 aromatic carbocycles. The summed E-state index contributed by atoms with van der Waals surface area (Å²) in [4.78, 5) is 4.68. The van der Waals surface area contributed by atoms with Crippen molar-refractivity contribution < 1.29 is 4.74 Å². The average molecular weight is 244 g/mol. The number of aromatic nitrogens is 1. The number of para-hydroxylation sites is 1. The monoisotopic (exact) mass is 244 g/mol. The summed E-state index contributed by atoms with van der Waals surface area (Å²) in [5, 5.41) is 4.43. The Kier molecular flexibility index (Phi) is 4.67. The number of pyridine rings is 1. The lowest BCUT2D eigenvalue weighted by molar-refractivity contribution is 0.113. The fourth-order valence-corrected chi connectivity index (χ4v) is 1.94. The van der Waals surface area contributed by atoms with Crippen LogP contribution in [-0.4, -0.2) is 25.2 Å². The highest BCUT2D eigenvalue weighted by Gasteiger charge is 2.11. The van der Waals surface area contributed by atoms with Gasteiger partial charge in [-0.1, -0.05) is 31.2 Å². The summed E-state index contributed by atoms with van der Waals surface area (Å²) >= 11 is 0. The molecule has 0 bridgehead atoms. The normalized spacial score (nSPS) is 12.8. The zero-order chi connectivity index (χ0) is 12.8. The summed E-state index contributed by atoms with van der Waals surface area (Å²) in [6.07, 6.45) is 1.04. The number of rotatable bonds is 6. The third-order valence-electron chi connectivity index (χ3n) is 2.96.